The predicted octanol–water partition coefficient (Wildman–Crippen LogP) is 7.86. The lowest BCUT2D eigenvalue weighted by atomic mass is 10.0. The molecule has 158 valence electrons. The van der Waals surface area contributed by atoms with Crippen molar-refractivity contribution in [3.05, 3.63) is 72.2 Å². The maximum Gasteiger partial charge on any atom is 0.134 e. The fourth-order valence-electron chi connectivity index (χ4n) is 3.57. The van der Waals surface area contributed by atoms with E-state index in [4.69, 9.17) is 4.74 Å². The zero-order valence-electron chi connectivity index (χ0n) is 18.2. The topological polar surface area (TPSA) is 22.1 Å². The quantitative estimate of drug-likeness (QED) is 0.303. The zero-order valence-corrected chi connectivity index (χ0v) is 18.2. The van der Waals surface area contributed by atoms with Gasteiger partial charge in [-0.15, -0.1) is 0 Å². The number of unbranched alkanes of at least 4 members (excludes halogenated alkanes) is 4. The highest BCUT2D eigenvalue weighted by atomic mass is 19.1. The molecule has 0 saturated heterocycles. The van der Waals surface area contributed by atoms with Crippen LogP contribution in [-0.4, -0.2) is 11.6 Å². The number of hydrogen-bond donors (Lipinski definition) is 0. The van der Waals surface area contributed by atoms with E-state index in [9.17, 15) is 4.39 Å². The normalized spacial score (nSPS) is 10.9. The standard InChI is InChI=1S/C27H32FNO/c1-3-5-6-7-8-18-30-24-15-16-25(26(28)19-24)22-11-13-23(14-12-22)27-17-10-21(9-4-2)20-29-27/h10-17,19-20H,3-9,18H2,1-2H3. The van der Waals surface area contributed by atoms with Crippen molar-refractivity contribution in [2.24, 2.45) is 0 Å². The summed E-state index contributed by atoms with van der Waals surface area (Å²) in [6.45, 7) is 5.01. The van der Waals surface area contributed by atoms with Crippen molar-refractivity contribution in [3.63, 3.8) is 0 Å². The minimum absolute atomic E-state index is 0.256. The summed E-state index contributed by atoms with van der Waals surface area (Å²) in [6.07, 6.45) is 10.0. The van der Waals surface area contributed by atoms with Gasteiger partial charge in [0.05, 0.1) is 12.3 Å². The largest absolute Gasteiger partial charge is 0.493 e. The number of rotatable bonds is 11. The third kappa shape index (κ3) is 6.16. The Kier molecular flexibility index (Phi) is 8.43. The molecular formula is C27H32FNO. The predicted molar refractivity (Wildman–Crippen MR) is 123 cm³/mol. The van der Waals surface area contributed by atoms with Gasteiger partial charge in [0.2, 0.25) is 0 Å². The highest BCUT2D eigenvalue weighted by molar-refractivity contribution is 5.69. The molecule has 0 aliphatic rings. The van der Waals surface area contributed by atoms with Gasteiger partial charge >= 0.3 is 0 Å². The van der Waals surface area contributed by atoms with Crippen LogP contribution in [0.3, 0.4) is 0 Å². The molecule has 0 bridgehead atoms. The highest BCUT2D eigenvalue weighted by Crippen LogP contribution is 2.28. The molecule has 0 unspecified atom stereocenters. The van der Waals surface area contributed by atoms with Crippen LogP contribution in [0.4, 0.5) is 4.39 Å². The van der Waals surface area contributed by atoms with E-state index < -0.39 is 0 Å². The third-order valence-corrected chi connectivity index (χ3v) is 5.31. The molecule has 1 aromatic heterocycles. The number of pyridine rings is 1. The van der Waals surface area contributed by atoms with Crippen molar-refractivity contribution in [2.75, 3.05) is 6.61 Å². The molecule has 1 heterocycles. The lowest BCUT2D eigenvalue weighted by Gasteiger charge is -2.10. The average Bonchev–Trinajstić information content (AvgIpc) is 2.77. The van der Waals surface area contributed by atoms with Crippen LogP contribution in [0.25, 0.3) is 22.4 Å². The summed E-state index contributed by atoms with van der Waals surface area (Å²) in [6, 6.07) is 17.2. The molecule has 0 fully saturated rings. The summed E-state index contributed by atoms with van der Waals surface area (Å²) in [4.78, 5) is 4.56. The molecule has 0 saturated carbocycles. The number of ether oxygens (including phenoxy) is 1. The summed E-state index contributed by atoms with van der Waals surface area (Å²) < 4.78 is 20.4. The first kappa shape index (κ1) is 22.0. The van der Waals surface area contributed by atoms with E-state index in [2.05, 4.69) is 31.0 Å². The van der Waals surface area contributed by atoms with E-state index in [1.165, 1.54) is 30.9 Å². The van der Waals surface area contributed by atoms with Gasteiger partial charge in [-0.2, -0.15) is 0 Å². The minimum atomic E-state index is -0.256. The number of aryl methyl sites for hydroxylation is 1. The second kappa shape index (κ2) is 11.5. The van der Waals surface area contributed by atoms with Crippen molar-refractivity contribution < 1.29 is 9.13 Å². The Hall–Kier alpha value is -2.68. The number of benzene rings is 2. The van der Waals surface area contributed by atoms with Gasteiger partial charge < -0.3 is 4.74 Å². The number of halogens is 1. The molecule has 3 aromatic rings. The molecular weight excluding hydrogens is 373 g/mol. The molecule has 0 spiro atoms. The number of hydrogen-bond acceptors (Lipinski definition) is 2. The highest BCUT2D eigenvalue weighted by Gasteiger charge is 2.08. The molecule has 30 heavy (non-hydrogen) atoms. The molecule has 2 aromatic carbocycles. The monoisotopic (exact) mass is 405 g/mol. The van der Waals surface area contributed by atoms with Gasteiger partial charge in [-0.3, -0.25) is 4.98 Å². The van der Waals surface area contributed by atoms with Crippen LogP contribution in [0, 0.1) is 5.82 Å². The minimum Gasteiger partial charge on any atom is -0.493 e. The Labute approximate surface area is 180 Å². The van der Waals surface area contributed by atoms with Gasteiger partial charge in [-0.05, 0) is 42.2 Å². The van der Waals surface area contributed by atoms with Crippen molar-refractivity contribution >= 4 is 0 Å². The summed E-state index contributed by atoms with van der Waals surface area (Å²) in [7, 11) is 0. The van der Waals surface area contributed by atoms with Gasteiger partial charge in [0.1, 0.15) is 11.6 Å². The maximum absolute atomic E-state index is 14.7. The second-order valence-electron chi connectivity index (χ2n) is 7.78. The van der Waals surface area contributed by atoms with E-state index in [0.29, 0.717) is 17.9 Å². The Balaban J connectivity index is 1.61. The van der Waals surface area contributed by atoms with Crippen molar-refractivity contribution in [1.82, 2.24) is 4.98 Å². The van der Waals surface area contributed by atoms with Crippen LogP contribution < -0.4 is 4.74 Å². The fraction of sp³-hybridized carbons (Fsp3) is 0.370. The molecule has 3 rings (SSSR count). The van der Waals surface area contributed by atoms with E-state index >= 15 is 0 Å². The molecule has 0 atom stereocenters. The van der Waals surface area contributed by atoms with E-state index in [1.54, 1.807) is 6.07 Å². The number of nitrogens with zero attached hydrogens (tertiary/aromatic N) is 1. The second-order valence-corrected chi connectivity index (χ2v) is 7.78. The van der Waals surface area contributed by atoms with Crippen molar-refractivity contribution in [3.8, 4) is 28.1 Å². The van der Waals surface area contributed by atoms with Gasteiger partial charge in [-0.1, -0.05) is 76.3 Å². The third-order valence-electron chi connectivity index (χ3n) is 5.31. The van der Waals surface area contributed by atoms with Crippen molar-refractivity contribution in [2.45, 2.75) is 58.8 Å². The SMILES string of the molecule is CCCCCCCOc1ccc(-c2ccc(-c3ccc(CCC)cn3)cc2)c(F)c1. The summed E-state index contributed by atoms with van der Waals surface area (Å²) in [5.41, 5.74) is 4.66. The average molecular weight is 406 g/mol. The zero-order chi connectivity index (χ0) is 21.2. The first-order chi connectivity index (χ1) is 14.7. The molecule has 0 aliphatic carbocycles. The van der Waals surface area contributed by atoms with Crippen molar-refractivity contribution in [1.29, 1.82) is 0 Å². The van der Waals surface area contributed by atoms with Gasteiger partial charge in [0, 0.05) is 23.4 Å². The first-order valence-corrected chi connectivity index (χ1v) is 11.2. The van der Waals surface area contributed by atoms with Gasteiger partial charge in [0.25, 0.3) is 0 Å². The molecule has 0 N–H and O–H groups in total. The summed E-state index contributed by atoms with van der Waals surface area (Å²) in [5.74, 6) is 0.341. The van der Waals surface area contributed by atoms with Crippen LogP contribution in [0.1, 0.15) is 57.9 Å². The molecule has 3 heteroatoms. The summed E-state index contributed by atoms with van der Waals surface area (Å²) >= 11 is 0. The Bertz CT molecular complexity index is 903. The van der Waals surface area contributed by atoms with Crippen LogP contribution in [0.15, 0.2) is 60.8 Å². The smallest absolute Gasteiger partial charge is 0.134 e. The van der Waals surface area contributed by atoms with Crippen LogP contribution in [-0.2, 0) is 6.42 Å². The van der Waals surface area contributed by atoms with Crippen LogP contribution in [0.5, 0.6) is 5.75 Å². The molecule has 0 aliphatic heterocycles. The molecule has 0 amide bonds. The van der Waals surface area contributed by atoms with E-state index in [0.717, 1.165) is 42.5 Å². The van der Waals surface area contributed by atoms with E-state index in [-0.39, 0.29) is 5.82 Å². The van der Waals surface area contributed by atoms with Gasteiger partial charge in [-0.25, -0.2) is 4.39 Å². The molecule has 2 nitrogen and oxygen atoms in total. The fourth-order valence-corrected chi connectivity index (χ4v) is 3.57. The Morgan fingerprint density at radius 3 is 2.23 bits per heavy atom. The van der Waals surface area contributed by atoms with Gasteiger partial charge in [0.15, 0.2) is 0 Å². The van der Waals surface area contributed by atoms with Crippen LogP contribution >= 0.6 is 0 Å². The van der Waals surface area contributed by atoms with E-state index in [1.807, 2.05) is 36.5 Å². The summed E-state index contributed by atoms with van der Waals surface area (Å²) in [5, 5.41) is 0. The van der Waals surface area contributed by atoms with Crippen LogP contribution in [0.2, 0.25) is 0 Å². The lowest BCUT2D eigenvalue weighted by molar-refractivity contribution is 0.303. The Morgan fingerprint density at radius 2 is 1.57 bits per heavy atom. The lowest BCUT2D eigenvalue weighted by Crippen LogP contribution is -1.98. The maximum atomic E-state index is 14.7. The molecule has 0 radical (unpaired) electrons. The first-order valence-electron chi connectivity index (χ1n) is 11.2. The number of aromatic nitrogens is 1. The Morgan fingerprint density at radius 1 is 0.800 bits per heavy atom.